The monoisotopic (exact) mass is 298 g/mol. The van der Waals surface area contributed by atoms with Crippen molar-refractivity contribution in [3.8, 4) is 0 Å². The van der Waals surface area contributed by atoms with Gasteiger partial charge >= 0.3 is 0 Å². The lowest BCUT2D eigenvalue weighted by molar-refractivity contribution is 0.323. The lowest BCUT2D eigenvalue weighted by Gasteiger charge is -2.29. The summed E-state index contributed by atoms with van der Waals surface area (Å²) in [7, 11) is 0. The topological polar surface area (TPSA) is 17.8 Å². The van der Waals surface area contributed by atoms with Crippen LogP contribution in [0.15, 0.2) is 18.2 Å². The Morgan fingerprint density at radius 1 is 1.37 bits per heavy atom. The van der Waals surface area contributed by atoms with Gasteiger partial charge in [-0.3, -0.25) is 0 Å². The average Bonchev–Trinajstić information content (AvgIpc) is 2.68. The van der Waals surface area contributed by atoms with E-state index >= 15 is 0 Å². The minimum Gasteiger partial charge on any atom is -0.321 e. The number of hydrogen-bond donors (Lipinski definition) is 0. The predicted octanol–water partition coefficient (Wildman–Crippen LogP) is 5.52. The van der Waals surface area contributed by atoms with Crippen molar-refractivity contribution in [1.29, 1.82) is 0 Å². The maximum Gasteiger partial charge on any atom is 0.128 e. The van der Waals surface area contributed by atoms with Gasteiger partial charge in [0.2, 0.25) is 0 Å². The van der Waals surface area contributed by atoms with E-state index in [2.05, 4.69) is 30.3 Å². The molecule has 0 amide bonds. The van der Waals surface area contributed by atoms with Crippen molar-refractivity contribution in [2.24, 2.45) is 0 Å². The van der Waals surface area contributed by atoms with Crippen LogP contribution in [0.1, 0.15) is 51.7 Å². The fraction of sp³-hybridized carbons (Fsp3) is 0.533. The number of alkyl halides is 1. The molecular formula is C15H20Cl2N2. The van der Waals surface area contributed by atoms with Crippen LogP contribution in [-0.2, 0) is 5.54 Å². The zero-order valence-corrected chi connectivity index (χ0v) is 13.4. The summed E-state index contributed by atoms with van der Waals surface area (Å²) in [5.74, 6) is 0.914. The minimum atomic E-state index is -0.123. The van der Waals surface area contributed by atoms with Crippen molar-refractivity contribution in [2.75, 3.05) is 0 Å². The SMILES string of the molecule is CCCC(C)(C)n1c(C(C)Cl)nc2ccc(Cl)cc21. The number of rotatable bonds is 4. The van der Waals surface area contributed by atoms with E-state index in [-0.39, 0.29) is 10.9 Å². The van der Waals surface area contributed by atoms with Gasteiger partial charge in [0.25, 0.3) is 0 Å². The molecule has 104 valence electrons. The zero-order valence-electron chi connectivity index (χ0n) is 11.9. The van der Waals surface area contributed by atoms with Gasteiger partial charge in [-0.2, -0.15) is 0 Å². The van der Waals surface area contributed by atoms with Crippen molar-refractivity contribution >= 4 is 34.2 Å². The molecule has 1 atom stereocenters. The number of hydrogen-bond acceptors (Lipinski definition) is 1. The summed E-state index contributed by atoms with van der Waals surface area (Å²) in [5.41, 5.74) is 2.00. The molecule has 0 aliphatic heterocycles. The molecule has 0 spiro atoms. The van der Waals surface area contributed by atoms with Gasteiger partial charge in [0.15, 0.2) is 0 Å². The third kappa shape index (κ3) is 2.75. The normalized spacial score (nSPS) is 14.0. The number of aromatic nitrogens is 2. The largest absolute Gasteiger partial charge is 0.321 e. The molecule has 0 aliphatic rings. The molecule has 19 heavy (non-hydrogen) atoms. The fourth-order valence-corrected chi connectivity index (χ4v) is 3.01. The first kappa shape index (κ1) is 14.7. The van der Waals surface area contributed by atoms with Crippen LogP contribution in [0.4, 0.5) is 0 Å². The van der Waals surface area contributed by atoms with Gasteiger partial charge in [-0.05, 0) is 45.4 Å². The lowest BCUT2D eigenvalue weighted by atomic mass is 9.97. The van der Waals surface area contributed by atoms with Crippen molar-refractivity contribution in [2.45, 2.75) is 51.5 Å². The van der Waals surface area contributed by atoms with Crippen LogP contribution in [0, 0.1) is 0 Å². The Kier molecular flexibility index (Phi) is 4.12. The van der Waals surface area contributed by atoms with Crippen molar-refractivity contribution in [3.05, 3.63) is 29.0 Å². The van der Waals surface area contributed by atoms with E-state index in [9.17, 15) is 0 Å². The highest BCUT2D eigenvalue weighted by molar-refractivity contribution is 6.31. The van der Waals surface area contributed by atoms with Crippen LogP contribution in [0.5, 0.6) is 0 Å². The van der Waals surface area contributed by atoms with Crippen molar-refractivity contribution in [1.82, 2.24) is 9.55 Å². The van der Waals surface area contributed by atoms with E-state index < -0.39 is 0 Å². The Bertz CT molecular complexity index is 585. The Morgan fingerprint density at radius 2 is 2.05 bits per heavy atom. The Morgan fingerprint density at radius 3 is 2.63 bits per heavy atom. The first-order valence-corrected chi connectivity index (χ1v) is 7.50. The van der Waals surface area contributed by atoms with Crippen LogP contribution < -0.4 is 0 Å². The summed E-state index contributed by atoms with van der Waals surface area (Å²) < 4.78 is 2.25. The van der Waals surface area contributed by atoms with Gasteiger partial charge in [0, 0.05) is 10.6 Å². The van der Waals surface area contributed by atoms with E-state index in [1.54, 1.807) is 0 Å². The first-order chi connectivity index (χ1) is 8.86. The maximum atomic E-state index is 6.31. The van der Waals surface area contributed by atoms with Gasteiger partial charge < -0.3 is 4.57 Å². The Hall–Kier alpha value is -0.730. The molecule has 1 heterocycles. The van der Waals surface area contributed by atoms with E-state index in [0.717, 1.165) is 34.7 Å². The average molecular weight is 299 g/mol. The summed E-state index contributed by atoms with van der Waals surface area (Å²) >= 11 is 12.4. The molecule has 0 radical (unpaired) electrons. The highest BCUT2D eigenvalue weighted by Gasteiger charge is 2.27. The van der Waals surface area contributed by atoms with E-state index in [4.69, 9.17) is 23.2 Å². The van der Waals surface area contributed by atoms with Crippen LogP contribution in [-0.4, -0.2) is 9.55 Å². The van der Waals surface area contributed by atoms with Gasteiger partial charge in [-0.1, -0.05) is 24.9 Å². The molecule has 2 nitrogen and oxygen atoms in total. The van der Waals surface area contributed by atoms with Gasteiger partial charge in [-0.25, -0.2) is 4.98 Å². The minimum absolute atomic E-state index is 0.0212. The smallest absolute Gasteiger partial charge is 0.128 e. The second-order valence-corrected chi connectivity index (χ2v) is 6.71. The van der Waals surface area contributed by atoms with E-state index in [1.807, 2.05) is 25.1 Å². The molecule has 0 aliphatic carbocycles. The third-order valence-electron chi connectivity index (χ3n) is 3.47. The molecular weight excluding hydrogens is 279 g/mol. The van der Waals surface area contributed by atoms with Gasteiger partial charge in [0.1, 0.15) is 5.82 Å². The zero-order chi connectivity index (χ0) is 14.2. The molecule has 1 aromatic heterocycles. The summed E-state index contributed by atoms with van der Waals surface area (Å²) in [6.07, 6.45) is 2.19. The fourth-order valence-electron chi connectivity index (χ4n) is 2.69. The number of fused-ring (bicyclic) bond motifs is 1. The summed E-state index contributed by atoms with van der Waals surface area (Å²) in [6, 6.07) is 5.81. The van der Waals surface area contributed by atoms with E-state index in [1.165, 1.54) is 0 Å². The molecule has 0 bridgehead atoms. The Labute approximate surface area is 124 Å². The lowest BCUT2D eigenvalue weighted by Crippen LogP contribution is -2.28. The molecule has 0 saturated heterocycles. The Balaban J connectivity index is 2.73. The predicted molar refractivity (Wildman–Crippen MR) is 83.2 cm³/mol. The van der Waals surface area contributed by atoms with Crippen molar-refractivity contribution in [3.63, 3.8) is 0 Å². The first-order valence-electron chi connectivity index (χ1n) is 6.69. The molecule has 2 rings (SSSR count). The highest BCUT2D eigenvalue weighted by Crippen LogP contribution is 2.34. The summed E-state index contributed by atoms with van der Waals surface area (Å²) in [4.78, 5) is 4.67. The number of halogens is 2. The molecule has 2 aromatic rings. The summed E-state index contributed by atoms with van der Waals surface area (Å²) in [6.45, 7) is 8.60. The van der Waals surface area contributed by atoms with Gasteiger partial charge in [0.05, 0.1) is 16.4 Å². The van der Waals surface area contributed by atoms with Crippen LogP contribution in [0.3, 0.4) is 0 Å². The van der Waals surface area contributed by atoms with Crippen molar-refractivity contribution < 1.29 is 0 Å². The van der Waals surface area contributed by atoms with E-state index in [0.29, 0.717) is 0 Å². The van der Waals surface area contributed by atoms with Crippen LogP contribution >= 0.6 is 23.2 Å². The number of benzene rings is 1. The molecule has 0 N–H and O–H groups in total. The molecule has 0 fully saturated rings. The molecule has 4 heteroatoms. The second-order valence-electron chi connectivity index (χ2n) is 5.62. The third-order valence-corrected chi connectivity index (χ3v) is 3.90. The van der Waals surface area contributed by atoms with Crippen LogP contribution in [0.2, 0.25) is 5.02 Å². The quantitative estimate of drug-likeness (QED) is 0.679. The molecule has 1 unspecified atom stereocenters. The standard InChI is InChI=1S/C15H20Cl2N2/c1-5-8-15(3,4)19-13-9-11(17)6-7-12(13)18-14(19)10(2)16/h6-7,9-10H,5,8H2,1-4H3. The highest BCUT2D eigenvalue weighted by atomic mass is 35.5. The van der Waals surface area contributed by atoms with Crippen LogP contribution in [0.25, 0.3) is 11.0 Å². The molecule has 0 saturated carbocycles. The summed E-state index contributed by atoms with van der Waals surface area (Å²) in [5, 5.41) is 0.608. The van der Waals surface area contributed by atoms with Gasteiger partial charge in [-0.15, -0.1) is 11.6 Å². The number of imidazole rings is 1. The number of nitrogens with zero attached hydrogens (tertiary/aromatic N) is 2. The maximum absolute atomic E-state index is 6.31. The molecule has 1 aromatic carbocycles. The second kappa shape index (κ2) is 5.34.